The fraction of sp³-hybridized carbons (Fsp3) is 0.517. The van der Waals surface area contributed by atoms with E-state index in [-0.39, 0.29) is 11.8 Å². The van der Waals surface area contributed by atoms with Gasteiger partial charge in [0, 0.05) is 0 Å². The lowest BCUT2D eigenvalue weighted by molar-refractivity contribution is 0.473. The van der Waals surface area contributed by atoms with E-state index in [0.29, 0.717) is 17.6 Å². The highest BCUT2D eigenvalue weighted by Crippen LogP contribution is 2.39. The van der Waals surface area contributed by atoms with Gasteiger partial charge in [-0.3, -0.25) is 9.98 Å². The number of hydrogen-bond acceptors (Lipinski definition) is 3. The van der Waals surface area contributed by atoms with Gasteiger partial charge in [-0.1, -0.05) is 73.1 Å². The molecule has 0 aliphatic carbocycles. The highest BCUT2D eigenvalue weighted by Gasteiger charge is 2.18. The van der Waals surface area contributed by atoms with Crippen LogP contribution < -0.4 is 0 Å². The van der Waals surface area contributed by atoms with Crippen molar-refractivity contribution in [2.24, 2.45) is 9.98 Å². The Morgan fingerprint density at radius 3 is 1.16 bits per heavy atom. The van der Waals surface area contributed by atoms with Crippen molar-refractivity contribution in [3.8, 4) is 5.75 Å². The summed E-state index contributed by atoms with van der Waals surface area (Å²) in [5.41, 5.74) is 9.89. The van der Waals surface area contributed by atoms with E-state index in [0.717, 1.165) is 33.9 Å². The number of phenolic OH excluding ortho intramolecular Hbond substituents is 1. The van der Waals surface area contributed by atoms with Crippen molar-refractivity contribution in [3.05, 3.63) is 52.1 Å². The van der Waals surface area contributed by atoms with Crippen LogP contribution in [0.2, 0.25) is 0 Å². The average Bonchev–Trinajstić information content (AvgIpc) is 2.68. The van der Waals surface area contributed by atoms with Crippen molar-refractivity contribution in [1.29, 1.82) is 0 Å². The summed E-state index contributed by atoms with van der Waals surface area (Å²) in [6.45, 7) is 23.8. The van der Waals surface area contributed by atoms with E-state index in [2.05, 4.69) is 81.4 Å². The summed E-state index contributed by atoms with van der Waals surface area (Å²) in [6, 6.07) is 8.23. The Morgan fingerprint density at radius 1 is 0.594 bits per heavy atom. The zero-order valence-electron chi connectivity index (χ0n) is 22.0. The predicted molar refractivity (Wildman–Crippen MR) is 141 cm³/mol. The molecule has 0 spiro atoms. The van der Waals surface area contributed by atoms with Crippen molar-refractivity contribution >= 4 is 22.8 Å². The van der Waals surface area contributed by atoms with Gasteiger partial charge in [-0.25, -0.2) is 0 Å². The molecule has 0 amide bonds. The molecule has 2 rings (SSSR count). The minimum absolute atomic E-state index is 0.264. The van der Waals surface area contributed by atoms with Crippen LogP contribution in [0, 0.1) is 6.92 Å². The molecule has 1 N–H and O–H groups in total. The standard InChI is InChI=1S/C29H42N2O/c1-16(2)24-12-20(9)13-25(17(3)4)28(24)30-21(10)22(11)31-29-26(18(5)6)14-23(32)15-27(29)19(7)8/h12-19,32H,1-11H3. The van der Waals surface area contributed by atoms with Gasteiger partial charge in [0.2, 0.25) is 0 Å². The lowest BCUT2D eigenvalue weighted by Gasteiger charge is -2.19. The molecule has 2 aromatic rings. The van der Waals surface area contributed by atoms with Crippen molar-refractivity contribution in [2.75, 3.05) is 0 Å². The molecule has 174 valence electrons. The number of hydrogen-bond donors (Lipinski definition) is 1. The summed E-state index contributed by atoms with van der Waals surface area (Å²) >= 11 is 0. The van der Waals surface area contributed by atoms with E-state index in [1.807, 2.05) is 19.1 Å². The number of rotatable bonds is 7. The largest absolute Gasteiger partial charge is 0.508 e. The second-order valence-electron chi connectivity index (χ2n) is 10.3. The molecule has 0 aliphatic rings. The number of benzene rings is 2. The highest BCUT2D eigenvalue weighted by molar-refractivity contribution is 6.41. The number of aromatic hydroxyl groups is 1. The topological polar surface area (TPSA) is 45.0 Å². The van der Waals surface area contributed by atoms with Crippen LogP contribution in [0.1, 0.15) is 121 Å². The average molecular weight is 435 g/mol. The molecule has 0 radical (unpaired) electrons. The lowest BCUT2D eigenvalue weighted by Crippen LogP contribution is -2.08. The van der Waals surface area contributed by atoms with E-state index in [1.54, 1.807) is 0 Å². The molecule has 0 aliphatic heterocycles. The molecule has 0 unspecified atom stereocenters. The number of nitrogens with zero attached hydrogens (tertiary/aromatic N) is 2. The number of phenols is 1. The van der Waals surface area contributed by atoms with E-state index in [9.17, 15) is 5.11 Å². The molecule has 0 aromatic heterocycles. The molecule has 3 nitrogen and oxygen atoms in total. The molecule has 0 fully saturated rings. The van der Waals surface area contributed by atoms with Crippen molar-refractivity contribution in [3.63, 3.8) is 0 Å². The van der Waals surface area contributed by atoms with Gasteiger partial charge < -0.3 is 5.11 Å². The predicted octanol–water partition coefficient (Wildman–Crippen LogP) is 9.08. The minimum atomic E-state index is 0.264. The molecule has 3 heteroatoms. The third-order valence-corrected chi connectivity index (χ3v) is 6.04. The fourth-order valence-electron chi connectivity index (χ4n) is 4.02. The summed E-state index contributed by atoms with van der Waals surface area (Å²) in [7, 11) is 0. The van der Waals surface area contributed by atoms with Gasteiger partial charge in [-0.2, -0.15) is 0 Å². The molecule has 0 bridgehead atoms. The quantitative estimate of drug-likeness (QED) is 0.434. The molecule has 0 saturated carbocycles. The molecule has 0 heterocycles. The first kappa shape index (κ1) is 25.8. The Balaban J connectivity index is 2.70. The van der Waals surface area contributed by atoms with Gasteiger partial charge in [0.25, 0.3) is 0 Å². The summed E-state index contributed by atoms with van der Waals surface area (Å²) in [6.07, 6.45) is 0. The van der Waals surface area contributed by atoms with Crippen LogP contribution in [0.4, 0.5) is 11.4 Å². The van der Waals surface area contributed by atoms with Crippen LogP contribution in [0.15, 0.2) is 34.3 Å². The Morgan fingerprint density at radius 2 is 0.875 bits per heavy atom. The smallest absolute Gasteiger partial charge is 0.116 e. The van der Waals surface area contributed by atoms with Crippen LogP contribution in [0.25, 0.3) is 0 Å². The van der Waals surface area contributed by atoms with E-state index < -0.39 is 0 Å². The first-order chi connectivity index (χ1) is 14.8. The maximum absolute atomic E-state index is 10.3. The Labute approximate surface area is 195 Å². The fourth-order valence-corrected chi connectivity index (χ4v) is 4.02. The molecule has 2 aromatic carbocycles. The summed E-state index contributed by atoms with van der Waals surface area (Å²) < 4.78 is 0. The monoisotopic (exact) mass is 434 g/mol. The Kier molecular flexibility index (Phi) is 8.45. The molecule has 32 heavy (non-hydrogen) atoms. The summed E-state index contributed by atoms with van der Waals surface area (Å²) in [5.74, 6) is 1.63. The van der Waals surface area contributed by atoms with Crippen LogP contribution in [0.5, 0.6) is 5.75 Å². The molecule has 0 atom stereocenters. The third-order valence-electron chi connectivity index (χ3n) is 6.04. The van der Waals surface area contributed by atoms with Crippen molar-refractivity contribution in [2.45, 2.75) is 99.8 Å². The maximum atomic E-state index is 10.3. The van der Waals surface area contributed by atoms with Gasteiger partial charge in [0.1, 0.15) is 5.75 Å². The van der Waals surface area contributed by atoms with Gasteiger partial charge in [-0.05, 0) is 78.8 Å². The Hall–Kier alpha value is -2.42. The third kappa shape index (κ3) is 5.88. The van der Waals surface area contributed by atoms with Crippen LogP contribution >= 0.6 is 0 Å². The van der Waals surface area contributed by atoms with E-state index in [1.165, 1.54) is 16.7 Å². The molecule has 0 saturated heterocycles. The van der Waals surface area contributed by atoms with Gasteiger partial charge in [-0.15, -0.1) is 0 Å². The number of aliphatic imine (C=N–C) groups is 2. The van der Waals surface area contributed by atoms with Crippen LogP contribution in [-0.2, 0) is 0 Å². The zero-order valence-corrected chi connectivity index (χ0v) is 22.0. The van der Waals surface area contributed by atoms with Gasteiger partial charge in [0.05, 0.1) is 22.8 Å². The van der Waals surface area contributed by atoms with Crippen LogP contribution in [0.3, 0.4) is 0 Å². The zero-order chi connectivity index (χ0) is 24.3. The first-order valence-electron chi connectivity index (χ1n) is 12.0. The summed E-state index contributed by atoms with van der Waals surface area (Å²) in [5, 5.41) is 10.3. The second-order valence-corrected chi connectivity index (χ2v) is 10.3. The van der Waals surface area contributed by atoms with E-state index in [4.69, 9.17) is 9.98 Å². The highest BCUT2D eigenvalue weighted by atomic mass is 16.3. The van der Waals surface area contributed by atoms with Crippen molar-refractivity contribution < 1.29 is 5.11 Å². The molecular weight excluding hydrogens is 392 g/mol. The van der Waals surface area contributed by atoms with Gasteiger partial charge in [0.15, 0.2) is 0 Å². The lowest BCUT2D eigenvalue weighted by atomic mass is 9.90. The van der Waals surface area contributed by atoms with Crippen molar-refractivity contribution in [1.82, 2.24) is 0 Å². The van der Waals surface area contributed by atoms with Gasteiger partial charge >= 0.3 is 0 Å². The molecular formula is C29H42N2O. The normalized spacial score (nSPS) is 13.2. The van der Waals surface area contributed by atoms with E-state index >= 15 is 0 Å². The summed E-state index contributed by atoms with van der Waals surface area (Å²) in [4.78, 5) is 10.2. The SMILES string of the molecule is CC(=Nc1c(C(C)C)cc(C)cc1C(C)C)C(C)=Nc1c(C(C)C)cc(O)cc1C(C)C. The minimum Gasteiger partial charge on any atom is -0.508 e. The van der Waals surface area contributed by atoms with Crippen LogP contribution in [-0.4, -0.2) is 16.5 Å². The Bertz CT molecular complexity index is 882. The maximum Gasteiger partial charge on any atom is 0.116 e. The first-order valence-corrected chi connectivity index (χ1v) is 12.0. The second kappa shape index (κ2) is 10.5. The number of aryl methyl sites for hydroxylation is 1.